The highest BCUT2D eigenvalue weighted by Gasteiger charge is 2.35. The van der Waals surface area contributed by atoms with Gasteiger partial charge in [-0.15, -0.1) is 0 Å². The number of rotatable bonds is 2. The molecule has 1 saturated carbocycles. The number of benzene rings is 1. The predicted molar refractivity (Wildman–Crippen MR) is 72.8 cm³/mol. The van der Waals surface area contributed by atoms with E-state index in [1.165, 1.54) is 12.1 Å². The smallest absolute Gasteiger partial charge is 0.417 e. The van der Waals surface area contributed by atoms with Gasteiger partial charge in [0.25, 0.3) is 0 Å². The van der Waals surface area contributed by atoms with Crippen molar-refractivity contribution in [1.29, 1.82) is 5.26 Å². The Balaban J connectivity index is 2.23. The highest BCUT2D eigenvalue weighted by atomic mass is 19.4. The number of ether oxygens (including phenoxy) is 1. The molecule has 0 aromatic heterocycles. The van der Waals surface area contributed by atoms with Crippen LogP contribution in [-0.2, 0) is 6.18 Å². The third-order valence-electron chi connectivity index (χ3n) is 4.34. The zero-order valence-corrected chi connectivity index (χ0v) is 12.1. The van der Waals surface area contributed by atoms with Crippen LogP contribution >= 0.6 is 0 Å². The summed E-state index contributed by atoms with van der Waals surface area (Å²) in [5.41, 5.74) is -1.31. The van der Waals surface area contributed by atoms with Crippen molar-refractivity contribution in [2.24, 2.45) is 11.8 Å². The molecule has 21 heavy (non-hydrogen) atoms. The summed E-state index contributed by atoms with van der Waals surface area (Å²) >= 11 is 0. The first kappa shape index (κ1) is 15.7. The molecular weight excluding hydrogens is 279 g/mol. The summed E-state index contributed by atoms with van der Waals surface area (Å²) < 4.78 is 44.5. The van der Waals surface area contributed by atoms with E-state index < -0.39 is 11.7 Å². The van der Waals surface area contributed by atoms with Gasteiger partial charge in [-0.3, -0.25) is 0 Å². The molecule has 0 radical (unpaired) electrons. The van der Waals surface area contributed by atoms with E-state index in [0.29, 0.717) is 11.8 Å². The highest BCUT2D eigenvalue weighted by Crippen LogP contribution is 2.36. The number of hydrogen-bond donors (Lipinski definition) is 0. The predicted octanol–water partition coefficient (Wildman–Crippen LogP) is 4.78. The monoisotopic (exact) mass is 297 g/mol. The van der Waals surface area contributed by atoms with Crippen LogP contribution < -0.4 is 4.74 Å². The Morgan fingerprint density at radius 3 is 2.57 bits per heavy atom. The van der Waals surface area contributed by atoms with Crippen LogP contribution in [0.3, 0.4) is 0 Å². The fraction of sp³-hybridized carbons (Fsp3) is 0.562. The quantitative estimate of drug-likeness (QED) is 0.787. The van der Waals surface area contributed by atoms with Gasteiger partial charge in [0.15, 0.2) is 0 Å². The molecule has 0 spiro atoms. The minimum absolute atomic E-state index is 0.0669. The van der Waals surface area contributed by atoms with Gasteiger partial charge in [0.1, 0.15) is 11.9 Å². The van der Waals surface area contributed by atoms with Crippen molar-refractivity contribution in [1.82, 2.24) is 0 Å². The zero-order chi connectivity index (χ0) is 15.6. The summed E-state index contributed by atoms with van der Waals surface area (Å²) in [6.07, 6.45) is -1.61. The van der Waals surface area contributed by atoms with Crippen LogP contribution in [0.15, 0.2) is 18.2 Å². The van der Waals surface area contributed by atoms with Crippen LogP contribution in [0.5, 0.6) is 5.75 Å². The Morgan fingerprint density at radius 2 is 1.95 bits per heavy atom. The Labute approximate surface area is 122 Å². The van der Waals surface area contributed by atoms with Crippen molar-refractivity contribution in [2.75, 3.05) is 0 Å². The maximum Gasteiger partial charge on any atom is 0.417 e. The molecular formula is C16H18F3NO. The van der Waals surface area contributed by atoms with Gasteiger partial charge in [-0.2, -0.15) is 18.4 Å². The second-order valence-electron chi connectivity index (χ2n) is 5.74. The van der Waals surface area contributed by atoms with E-state index in [9.17, 15) is 13.2 Å². The van der Waals surface area contributed by atoms with E-state index in [-0.39, 0.29) is 17.4 Å². The standard InChI is InChI=1S/C16H18F3NO/c1-10-4-3-5-15(11(10)2)21-13-7-6-12(9-20)14(8-13)16(17,18)19/h6-8,10-11,15H,3-5H2,1-2H3. The average Bonchev–Trinajstić information content (AvgIpc) is 2.43. The Kier molecular flexibility index (Phi) is 4.46. The number of alkyl halides is 3. The lowest BCUT2D eigenvalue weighted by atomic mass is 9.79. The molecule has 0 bridgehead atoms. The molecule has 0 amide bonds. The maximum absolute atomic E-state index is 12.9. The van der Waals surface area contributed by atoms with E-state index in [2.05, 4.69) is 13.8 Å². The Morgan fingerprint density at radius 1 is 1.24 bits per heavy atom. The maximum atomic E-state index is 12.9. The van der Waals surface area contributed by atoms with Gasteiger partial charge in [0.2, 0.25) is 0 Å². The molecule has 0 heterocycles. The molecule has 0 aliphatic heterocycles. The van der Waals surface area contributed by atoms with E-state index in [1.54, 1.807) is 6.07 Å². The SMILES string of the molecule is CC1CCCC(Oc2ccc(C#N)c(C(F)(F)F)c2)C1C. The number of nitriles is 1. The largest absolute Gasteiger partial charge is 0.490 e. The van der Waals surface area contributed by atoms with Crippen molar-refractivity contribution >= 4 is 0 Å². The van der Waals surface area contributed by atoms with E-state index in [0.717, 1.165) is 25.3 Å². The average molecular weight is 297 g/mol. The molecule has 3 unspecified atom stereocenters. The first-order valence-electron chi connectivity index (χ1n) is 7.11. The number of halogens is 3. The van der Waals surface area contributed by atoms with Gasteiger partial charge in [0, 0.05) is 0 Å². The second-order valence-corrected chi connectivity index (χ2v) is 5.74. The minimum atomic E-state index is -4.55. The van der Waals surface area contributed by atoms with Crippen molar-refractivity contribution in [3.63, 3.8) is 0 Å². The fourth-order valence-electron chi connectivity index (χ4n) is 2.80. The third-order valence-corrected chi connectivity index (χ3v) is 4.34. The Hall–Kier alpha value is -1.70. The van der Waals surface area contributed by atoms with Crippen LogP contribution in [0.25, 0.3) is 0 Å². The third kappa shape index (κ3) is 3.49. The van der Waals surface area contributed by atoms with E-state index in [1.807, 2.05) is 0 Å². The molecule has 1 aromatic carbocycles. The lowest BCUT2D eigenvalue weighted by Gasteiger charge is -2.34. The first-order valence-corrected chi connectivity index (χ1v) is 7.11. The summed E-state index contributed by atoms with van der Waals surface area (Å²) in [5.74, 6) is 1.00. The lowest BCUT2D eigenvalue weighted by Crippen LogP contribution is -2.33. The van der Waals surface area contributed by atoms with Crippen molar-refractivity contribution < 1.29 is 17.9 Å². The van der Waals surface area contributed by atoms with Crippen LogP contribution in [-0.4, -0.2) is 6.10 Å². The van der Waals surface area contributed by atoms with Crippen LogP contribution in [0.4, 0.5) is 13.2 Å². The summed E-state index contributed by atoms with van der Waals surface area (Å²) in [7, 11) is 0. The fourth-order valence-corrected chi connectivity index (χ4v) is 2.80. The molecule has 1 aromatic rings. The van der Waals surface area contributed by atoms with Gasteiger partial charge >= 0.3 is 6.18 Å². The van der Waals surface area contributed by atoms with Crippen LogP contribution in [0.1, 0.15) is 44.2 Å². The summed E-state index contributed by atoms with van der Waals surface area (Å²) in [6.45, 7) is 4.21. The van der Waals surface area contributed by atoms with Crippen LogP contribution in [0, 0.1) is 23.2 Å². The summed E-state index contributed by atoms with van der Waals surface area (Å²) in [5, 5.41) is 8.78. The Bertz CT molecular complexity index is 547. The molecule has 2 nitrogen and oxygen atoms in total. The molecule has 114 valence electrons. The van der Waals surface area contributed by atoms with Gasteiger partial charge in [-0.1, -0.05) is 20.3 Å². The molecule has 5 heteroatoms. The molecule has 3 atom stereocenters. The number of nitrogens with zero attached hydrogens (tertiary/aromatic N) is 1. The summed E-state index contributed by atoms with van der Waals surface area (Å²) in [6, 6.07) is 5.13. The van der Waals surface area contributed by atoms with Crippen molar-refractivity contribution in [3.05, 3.63) is 29.3 Å². The van der Waals surface area contributed by atoms with Gasteiger partial charge in [-0.05, 0) is 42.9 Å². The van der Waals surface area contributed by atoms with Gasteiger partial charge < -0.3 is 4.74 Å². The zero-order valence-electron chi connectivity index (χ0n) is 12.1. The molecule has 0 N–H and O–H groups in total. The number of hydrogen-bond acceptors (Lipinski definition) is 2. The topological polar surface area (TPSA) is 33.0 Å². The molecule has 1 aliphatic rings. The molecule has 1 aliphatic carbocycles. The normalized spacial score (nSPS) is 26.2. The minimum Gasteiger partial charge on any atom is -0.490 e. The van der Waals surface area contributed by atoms with E-state index >= 15 is 0 Å². The lowest BCUT2D eigenvalue weighted by molar-refractivity contribution is -0.138. The second kappa shape index (κ2) is 5.97. The van der Waals surface area contributed by atoms with Gasteiger partial charge in [-0.25, -0.2) is 0 Å². The van der Waals surface area contributed by atoms with Crippen molar-refractivity contribution in [3.8, 4) is 11.8 Å². The summed E-state index contributed by atoms with van der Waals surface area (Å²) in [4.78, 5) is 0. The van der Waals surface area contributed by atoms with Crippen LogP contribution in [0.2, 0.25) is 0 Å². The molecule has 0 saturated heterocycles. The van der Waals surface area contributed by atoms with Gasteiger partial charge in [0.05, 0.1) is 17.2 Å². The highest BCUT2D eigenvalue weighted by molar-refractivity contribution is 5.44. The molecule has 1 fully saturated rings. The van der Waals surface area contributed by atoms with Crippen molar-refractivity contribution in [2.45, 2.75) is 45.4 Å². The van der Waals surface area contributed by atoms with E-state index in [4.69, 9.17) is 10.00 Å². The molecule has 2 rings (SSSR count). The first-order chi connectivity index (χ1) is 9.82.